The van der Waals surface area contributed by atoms with Crippen LogP contribution in [-0.4, -0.2) is 80.3 Å². The maximum atomic E-state index is 11.6. The summed E-state index contributed by atoms with van der Waals surface area (Å²) < 4.78 is 11.3. The molecule has 5 N–H and O–H groups in total. The maximum absolute atomic E-state index is 11.6. The summed E-state index contributed by atoms with van der Waals surface area (Å²) >= 11 is 0. The van der Waals surface area contributed by atoms with Crippen LogP contribution in [0.5, 0.6) is 0 Å². The number of aliphatic hydroxyl groups excluding tert-OH is 5. The van der Waals surface area contributed by atoms with E-state index in [1.165, 1.54) is 64.2 Å². The number of unbranched alkanes of at least 4 members (excludes halogenated alkanes) is 13. The summed E-state index contributed by atoms with van der Waals surface area (Å²) in [4.78, 5) is 11.6. The second-order valence-electron chi connectivity index (χ2n) is 13.9. The Labute approximate surface area is 274 Å². The Morgan fingerprint density at radius 1 is 0.667 bits per heavy atom. The van der Waals surface area contributed by atoms with Gasteiger partial charge in [-0.15, -0.1) is 0 Å². The number of esters is 1. The van der Waals surface area contributed by atoms with E-state index in [-0.39, 0.29) is 43.5 Å². The molecular weight excluding hydrogens is 572 g/mol. The van der Waals surface area contributed by atoms with Crippen molar-refractivity contribution < 1.29 is 39.8 Å². The summed E-state index contributed by atoms with van der Waals surface area (Å²) in [7, 11) is 0. The molecule has 8 heteroatoms. The van der Waals surface area contributed by atoms with E-state index in [9.17, 15) is 30.3 Å². The first kappa shape index (κ1) is 40.1. The van der Waals surface area contributed by atoms with Crippen LogP contribution in [0.3, 0.4) is 0 Å². The monoisotopic (exact) mass is 640 g/mol. The smallest absolute Gasteiger partial charge is 0.334 e. The number of carbonyl (C=O) groups excluding carboxylic acids is 1. The molecule has 0 unspecified atom stereocenters. The minimum Gasteiger partial charge on any atom is -0.455 e. The average Bonchev–Trinajstić information content (AvgIpc) is 3.63. The zero-order chi connectivity index (χ0) is 32.9. The number of ether oxygens (including phenoxy) is 2. The highest BCUT2D eigenvalue weighted by molar-refractivity contribution is 5.90. The minimum absolute atomic E-state index is 0.0747. The number of cyclic esters (lactones) is 1. The molecule has 2 rings (SSSR count). The van der Waals surface area contributed by atoms with Crippen LogP contribution >= 0.6 is 0 Å². The molecule has 8 nitrogen and oxygen atoms in total. The first-order valence-corrected chi connectivity index (χ1v) is 18.7. The molecule has 0 bridgehead atoms. The second-order valence-corrected chi connectivity index (χ2v) is 13.9. The fourth-order valence-corrected chi connectivity index (χ4v) is 6.74. The molecule has 8 atom stereocenters. The Bertz CT molecular complexity index is 788. The standard InChI is InChI=1S/C37H68O8/c1-3-4-5-6-7-11-14-17-20-31(38)32(39)22-23-33(40)34(41)24-25-35(42)36-26-21-30(45-36)19-16-13-10-8-9-12-15-18-29-27-28(2)44-37(29)43/h27-28,30-36,38-42H,3-26H2,1-2H3/t28-,30+,31+,32-,33+,34-,35+,36+/m0/s1. The van der Waals surface area contributed by atoms with Gasteiger partial charge >= 0.3 is 5.97 Å². The quantitative estimate of drug-likeness (QED) is 0.0465. The molecule has 0 aromatic heterocycles. The van der Waals surface area contributed by atoms with E-state index in [0.717, 1.165) is 63.4 Å². The van der Waals surface area contributed by atoms with E-state index in [1.54, 1.807) is 0 Å². The molecule has 0 saturated carbocycles. The van der Waals surface area contributed by atoms with Crippen molar-refractivity contribution in [2.24, 2.45) is 0 Å². The van der Waals surface area contributed by atoms with Crippen LogP contribution in [0.15, 0.2) is 11.6 Å². The average molecular weight is 641 g/mol. The van der Waals surface area contributed by atoms with Gasteiger partial charge in [0.2, 0.25) is 0 Å². The lowest BCUT2D eigenvalue weighted by molar-refractivity contribution is -0.139. The molecule has 0 aliphatic carbocycles. The van der Waals surface area contributed by atoms with E-state index in [2.05, 4.69) is 6.92 Å². The Kier molecular flexibility index (Phi) is 21.6. The molecule has 0 amide bonds. The third-order valence-corrected chi connectivity index (χ3v) is 9.79. The number of carbonyl (C=O) groups is 1. The van der Waals surface area contributed by atoms with Crippen LogP contribution in [-0.2, 0) is 14.3 Å². The number of rotatable bonds is 28. The van der Waals surface area contributed by atoms with Gasteiger partial charge in [-0.25, -0.2) is 4.79 Å². The molecule has 2 heterocycles. The topological polar surface area (TPSA) is 137 Å². The summed E-state index contributed by atoms with van der Waals surface area (Å²) in [5, 5.41) is 52.0. The van der Waals surface area contributed by atoms with Crippen LogP contribution in [0, 0.1) is 0 Å². The highest BCUT2D eigenvalue weighted by Crippen LogP contribution is 2.28. The number of aliphatic hydroxyl groups is 5. The van der Waals surface area contributed by atoms with Crippen LogP contribution in [0.1, 0.15) is 168 Å². The highest BCUT2D eigenvalue weighted by atomic mass is 16.5. The highest BCUT2D eigenvalue weighted by Gasteiger charge is 2.31. The van der Waals surface area contributed by atoms with Crippen LogP contribution in [0.2, 0.25) is 0 Å². The zero-order valence-electron chi connectivity index (χ0n) is 28.6. The molecule has 0 aromatic carbocycles. The Hall–Kier alpha value is -1.03. The fourth-order valence-electron chi connectivity index (χ4n) is 6.74. The van der Waals surface area contributed by atoms with Crippen molar-refractivity contribution in [2.75, 3.05) is 0 Å². The van der Waals surface area contributed by atoms with Gasteiger partial charge in [0.25, 0.3) is 0 Å². The van der Waals surface area contributed by atoms with Gasteiger partial charge in [0.15, 0.2) is 0 Å². The van der Waals surface area contributed by atoms with Gasteiger partial charge in [-0.05, 0) is 77.2 Å². The maximum Gasteiger partial charge on any atom is 0.334 e. The van der Waals surface area contributed by atoms with E-state index in [0.29, 0.717) is 12.8 Å². The molecule has 2 aliphatic rings. The van der Waals surface area contributed by atoms with E-state index in [1.807, 2.05) is 13.0 Å². The van der Waals surface area contributed by atoms with Crippen molar-refractivity contribution in [3.63, 3.8) is 0 Å². The summed E-state index contributed by atoms with van der Waals surface area (Å²) in [6.45, 7) is 4.11. The molecule has 0 radical (unpaired) electrons. The lowest BCUT2D eigenvalue weighted by Crippen LogP contribution is -2.33. The lowest BCUT2D eigenvalue weighted by atomic mass is 9.96. The molecule has 2 aliphatic heterocycles. The van der Waals surface area contributed by atoms with E-state index in [4.69, 9.17) is 9.47 Å². The van der Waals surface area contributed by atoms with Crippen LogP contribution in [0.25, 0.3) is 0 Å². The fraction of sp³-hybridized carbons (Fsp3) is 0.919. The Morgan fingerprint density at radius 2 is 1.18 bits per heavy atom. The van der Waals surface area contributed by atoms with E-state index < -0.39 is 30.5 Å². The summed E-state index contributed by atoms with van der Waals surface area (Å²) in [5.41, 5.74) is 0.837. The first-order valence-electron chi connectivity index (χ1n) is 18.7. The molecule has 45 heavy (non-hydrogen) atoms. The van der Waals surface area contributed by atoms with Gasteiger partial charge in [-0.2, -0.15) is 0 Å². The van der Waals surface area contributed by atoms with Gasteiger partial charge in [0.1, 0.15) is 6.10 Å². The molecule has 1 saturated heterocycles. The number of hydrogen-bond acceptors (Lipinski definition) is 8. The minimum atomic E-state index is -0.994. The van der Waals surface area contributed by atoms with Crippen molar-refractivity contribution >= 4 is 5.97 Å². The Morgan fingerprint density at radius 3 is 1.76 bits per heavy atom. The van der Waals surface area contributed by atoms with E-state index >= 15 is 0 Å². The molecule has 1 fully saturated rings. The second kappa shape index (κ2) is 24.2. The molecule has 0 spiro atoms. The van der Waals surface area contributed by atoms with Crippen molar-refractivity contribution in [1.82, 2.24) is 0 Å². The summed E-state index contributed by atoms with van der Waals surface area (Å²) in [5.74, 6) is -0.147. The van der Waals surface area contributed by atoms with Crippen molar-refractivity contribution in [2.45, 2.75) is 217 Å². The van der Waals surface area contributed by atoms with Gasteiger partial charge in [0.05, 0.1) is 42.7 Å². The third kappa shape index (κ3) is 17.6. The van der Waals surface area contributed by atoms with Crippen molar-refractivity contribution in [3.8, 4) is 0 Å². The van der Waals surface area contributed by atoms with Gasteiger partial charge in [-0.1, -0.05) is 96.8 Å². The molecule has 0 aromatic rings. The normalized spacial score (nSPS) is 23.5. The van der Waals surface area contributed by atoms with Gasteiger partial charge in [0, 0.05) is 5.57 Å². The summed E-state index contributed by atoms with van der Waals surface area (Å²) in [6, 6.07) is 0. The largest absolute Gasteiger partial charge is 0.455 e. The van der Waals surface area contributed by atoms with Crippen molar-refractivity contribution in [1.29, 1.82) is 0 Å². The molecular formula is C37H68O8. The molecule has 264 valence electrons. The predicted octanol–water partition coefficient (Wildman–Crippen LogP) is 6.81. The SMILES string of the molecule is CCCCCCCCCC[C@@H](O)[C@@H](O)CC[C@@H](O)[C@@H](O)CC[C@@H](O)[C@H]1CC[C@@H](CCCCCCCCCC2=C[C@H](C)OC2=O)O1. The Balaban J connectivity index is 1.44. The van der Waals surface area contributed by atoms with Crippen LogP contribution < -0.4 is 0 Å². The predicted molar refractivity (Wildman–Crippen MR) is 179 cm³/mol. The zero-order valence-corrected chi connectivity index (χ0v) is 28.6. The van der Waals surface area contributed by atoms with Crippen LogP contribution in [0.4, 0.5) is 0 Å². The third-order valence-electron chi connectivity index (χ3n) is 9.79. The number of hydrogen-bond donors (Lipinski definition) is 5. The first-order chi connectivity index (χ1) is 21.7. The lowest BCUT2D eigenvalue weighted by Gasteiger charge is -2.24. The summed E-state index contributed by atoms with van der Waals surface area (Å²) in [6.07, 6.45) is 20.3. The van der Waals surface area contributed by atoms with Gasteiger partial charge in [-0.3, -0.25) is 0 Å². The van der Waals surface area contributed by atoms with Gasteiger partial charge < -0.3 is 35.0 Å². The van der Waals surface area contributed by atoms with Crippen molar-refractivity contribution in [3.05, 3.63) is 11.6 Å².